The van der Waals surface area contributed by atoms with Crippen LogP contribution in [0.15, 0.2) is 73.3 Å². The van der Waals surface area contributed by atoms with E-state index in [1.807, 2.05) is 84.6 Å². The number of pyridine rings is 3. The number of anilines is 5. The molecule has 0 aromatic carbocycles. The first kappa shape index (κ1) is 58.5. The number of rotatable bonds is 13. The van der Waals surface area contributed by atoms with Gasteiger partial charge in [-0.2, -0.15) is 29.5 Å². The number of hydrogen-bond acceptors (Lipinski definition) is 18. The van der Waals surface area contributed by atoms with E-state index >= 15 is 8.78 Å². The second-order valence-corrected chi connectivity index (χ2v) is 22.6. The van der Waals surface area contributed by atoms with Crippen LogP contribution in [0, 0.1) is 54.1 Å². The minimum Gasteiger partial charge on any atom is -0.465 e. The standard InChI is InChI=1S/C30H37FN10O3.C30H33FN10O/c31-26-28(34-22-4-3-10-40(20-22)25(42)6-9-32)35-27(23-18-33-41-11-2-1-5-24(23)41)36-29(26)38-16-14-37(15-17-38)19-21-7-12-39(13-8-21)30(43)44;1-20-16-23(17-21(2)34-20)38-12-14-39(15-13-38)30-27(31)29(35-22-6-5-10-40(19-22)26(42)8-9-32)36-28(37-30)24-18-33-41-11-4-3-7-25(24)41/h1-2,5,11,18,21-22H,3-4,6-8,10,12-17,19-20H2,(H,43,44)(H,34,35,36);3-4,7,11,16-18,22H,5-6,8,10,12-15,19H2,1-2H3,(H,35,36,37)/t2*22-/m11/s1. The summed E-state index contributed by atoms with van der Waals surface area (Å²) in [5, 5.41) is 42.6. The molecule has 448 valence electrons. The van der Waals surface area contributed by atoms with Gasteiger partial charge in [0.1, 0.15) is 12.8 Å². The Morgan fingerprint density at radius 1 is 0.593 bits per heavy atom. The highest BCUT2D eigenvalue weighted by atomic mass is 19.1. The number of halogens is 2. The molecule has 26 heteroatoms. The van der Waals surface area contributed by atoms with Crippen LogP contribution in [0.5, 0.6) is 0 Å². The van der Waals surface area contributed by atoms with Crippen LogP contribution in [0.25, 0.3) is 33.8 Å². The van der Waals surface area contributed by atoms with Crippen molar-refractivity contribution in [1.82, 2.24) is 63.7 Å². The van der Waals surface area contributed by atoms with Crippen molar-refractivity contribution >= 4 is 57.9 Å². The van der Waals surface area contributed by atoms with Crippen LogP contribution in [0.4, 0.5) is 42.5 Å². The molecule has 0 spiro atoms. The van der Waals surface area contributed by atoms with Crippen molar-refractivity contribution in [3.05, 3.63) is 96.3 Å². The van der Waals surface area contributed by atoms with E-state index < -0.39 is 17.7 Å². The van der Waals surface area contributed by atoms with Gasteiger partial charge in [-0.15, -0.1) is 0 Å². The molecule has 0 unspecified atom stereocenters. The third kappa shape index (κ3) is 13.3. The van der Waals surface area contributed by atoms with Gasteiger partial charge in [0, 0.05) is 140 Å². The Hall–Kier alpha value is -9.30. The van der Waals surface area contributed by atoms with Gasteiger partial charge in [-0.05, 0) is 94.7 Å². The monoisotopic (exact) mass is 1170 g/mol. The Balaban J connectivity index is 0.000000179. The third-order valence-electron chi connectivity index (χ3n) is 16.8. The van der Waals surface area contributed by atoms with Gasteiger partial charge in [0.25, 0.3) is 0 Å². The molecule has 86 heavy (non-hydrogen) atoms. The lowest BCUT2D eigenvalue weighted by atomic mass is 9.96. The smallest absolute Gasteiger partial charge is 0.407 e. The van der Waals surface area contributed by atoms with Gasteiger partial charge in [-0.25, -0.2) is 33.8 Å². The van der Waals surface area contributed by atoms with Crippen LogP contribution >= 0.6 is 0 Å². The van der Waals surface area contributed by atoms with E-state index in [0.29, 0.717) is 107 Å². The van der Waals surface area contributed by atoms with Gasteiger partial charge >= 0.3 is 6.09 Å². The van der Waals surface area contributed by atoms with Crippen LogP contribution in [0.2, 0.25) is 0 Å². The SMILES string of the molecule is Cc1cc(N2CCN(c3nc(-c4cnn5ccccc45)nc(N[C@@H]4CCCN(C(=O)CC#N)C4)c3F)CC2)cc(C)n1.N#CCC(=O)N1CCC[C@@H](Nc2nc(-c3cnn4ccccc34)nc(N3CCN(CC4CCN(C(=O)O)CC4)CC3)c2F)C1. The number of carboxylic acid groups (broad SMARTS) is 1. The maximum atomic E-state index is 16.3. The van der Waals surface area contributed by atoms with E-state index in [9.17, 15) is 19.5 Å². The quantitative estimate of drug-likeness (QED) is 0.114. The van der Waals surface area contributed by atoms with Crippen molar-refractivity contribution in [1.29, 1.82) is 10.5 Å². The predicted molar refractivity (Wildman–Crippen MR) is 318 cm³/mol. The molecular weight excluding hydrogens is 1100 g/mol. The number of piperidine rings is 3. The lowest BCUT2D eigenvalue weighted by Gasteiger charge is -2.39. The summed E-state index contributed by atoms with van der Waals surface area (Å²) in [6.45, 7) is 13.2. The molecule has 0 aliphatic carbocycles. The van der Waals surface area contributed by atoms with Crippen molar-refractivity contribution in [2.24, 2.45) is 5.92 Å². The second-order valence-electron chi connectivity index (χ2n) is 22.6. The molecule has 12 rings (SSSR count). The highest BCUT2D eigenvalue weighted by molar-refractivity contribution is 5.80. The number of fused-ring (bicyclic) bond motifs is 2. The zero-order chi connectivity index (χ0) is 59.8. The summed E-state index contributed by atoms with van der Waals surface area (Å²) in [4.78, 5) is 72.7. The van der Waals surface area contributed by atoms with Crippen molar-refractivity contribution in [2.45, 2.75) is 77.3 Å². The summed E-state index contributed by atoms with van der Waals surface area (Å²) in [7, 11) is 0. The summed E-state index contributed by atoms with van der Waals surface area (Å²) >= 11 is 0. The molecule has 0 bridgehead atoms. The molecule has 5 fully saturated rings. The molecule has 12 heterocycles. The van der Waals surface area contributed by atoms with Crippen molar-refractivity contribution in [3.8, 4) is 34.9 Å². The molecule has 24 nitrogen and oxygen atoms in total. The van der Waals surface area contributed by atoms with E-state index in [-0.39, 0.29) is 60.0 Å². The Morgan fingerprint density at radius 2 is 1.06 bits per heavy atom. The topological polar surface area (TPSA) is 265 Å². The number of carbonyl (C=O) groups is 3. The maximum Gasteiger partial charge on any atom is 0.407 e. The molecule has 7 aromatic rings. The van der Waals surface area contributed by atoms with Gasteiger partial charge in [0.15, 0.2) is 34.9 Å². The van der Waals surface area contributed by atoms with E-state index in [4.69, 9.17) is 20.5 Å². The number of nitrogens with one attached hydrogen (secondary N) is 2. The zero-order valence-corrected chi connectivity index (χ0v) is 48.4. The van der Waals surface area contributed by atoms with Gasteiger partial charge in [0.05, 0.1) is 46.7 Å². The first-order chi connectivity index (χ1) is 41.8. The molecule has 0 radical (unpaired) electrons. The minimum absolute atomic E-state index is 0.0903. The lowest BCUT2D eigenvalue weighted by Crippen LogP contribution is -2.49. The van der Waals surface area contributed by atoms with Crippen molar-refractivity contribution in [3.63, 3.8) is 0 Å². The predicted octanol–water partition coefficient (Wildman–Crippen LogP) is 6.34. The second kappa shape index (κ2) is 26.3. The largest absolute Gasteiger partial charge is 0.465 e. The summed E-state index contributed by atoms with van der Waals surface area (Å²) in [6.07, 6.45) is 10.6. The molecule has 5 saturated heterocycles. The van der Waals surface area contributed by atoms with E-state index in [1.54, 1.807) is 31.2 Å². The van der Waals surface area contributed by atoms with Crippen LogP contribution in [-0.2, 0) is 9.59 Å². The number of nitrogens with zero attached hydrogens (tertiary/aromatic N) is 18. The fourth-order valence-corrected chi connectivity index (χ4v) is 12.3. The third-order valence-corrected chi connectivity index (χ3v) is 16.8. The number of hydrogen-bond donors (Lipinski definition) is 3. The summed E-state index contributed by atoms with van der Waals surface area (Å²) in [5.74, 6) is 0.388. The highest BCUT2D eigenvalue weighted by Gasteiger charge is 2.33. The van der Waals surface area contributed by atoms with Crippen molar-refractivity contribution < 1.29 is 28.3 Å². The van der Waals surface area contributed by atoms with Crippen LogP contribution < -0.4 is 25.3 Å². The molecule has 7 aromatic heterocycles. The Labute approximate surface area is 496 Å². The number of aryl methyl sites for hydroxylation is 2. The Bertz CT molecular complexity index is 3650. The average molecular weight is 1170 g/mol. The zero-order valence-electron chi connectivity index (χ0n) is 48.4. The lowest BCUT2D eigenvalue weighted by molar-refractivity contribution is -0.131. The number of amides is 3. The van der Waals surface area contributed by atoms with Crippen molar-refractivity contribution in [2.75, 3.05) is 124 Å². The molecule has 3 amide bonds. The molecular formula is C60H70F2N20O4. The number of piperazine rings is 2. The normalized spacial score (nSPS) is 18.8. The number of nitriles is 2. The fourth-order valence-electron chi connectivity index (χ4n) is 12.3. The van der Waals surface area contributed by atoms with Crippen LogP contribution in [0.3, 0.4) is 0 Å². The van der Waals surface area contributed by atoms with Gasteiger partial charge in [0.2, 0.25) is 23.4 Å². The van der Waals surface area contributed by atoms with Crippen LogP contribution in [0.1, 0.15) is 62.8 Å². The maximum absolute atomic E-state index is 16.3. The number of carbonyl (C=O) groups excluding carboxylic acids is 2. The first-order valence-corrected chi connectivity index (χ1v) is 29.5. The number of aromatic nitrogens is 9. The van der Waals surface area contributed by atoms with Crippen LogP contribution in [-0.4, -0.2) is 197 Å². The number of likely N-dealkylation sites (tertiary alicyclic amines) is 3. The van der Waals surface area contributed by atoms with E-state index in [2.05, 4.69) is 57.7 Å². The molecule has 0 saturated carbocycles. The summed E-state index contributed by atoms with van der Waals surface area (Å²) < 4.78 is 36.0. The molecule has 5 aliphatic heterocycles. The molecule has 5 aliphatic rings. The van der Waals surface area contributed by atoms with Gasteiger partial charge in [-0.1, -0.05) is 12.1 Å². The summed E-state index contributed by atoms with van der Waals surface area (Å²) in [6, 6.07) is 19.0. The Kier molecular flexibility index (Phi) is 17.9. The van der Waals surface area contributed by atoms with Gasteiger partial charge in [-0.3, -0.25) is 19.5 Å². The average Bonchev–Trinajstić information content (AvgIpc) is 2.14. The molecule has 2 atom stereocenters. The minimum atomic E-state index is -0.852. The van der Waals surface area contributed by atoms with Gasteiger partial charge < -0.3 is 45.1 Å². The first-order valence-electron chi connectivity index (χ1n) is 29.5. The van der Waals surface area contributed by atoms with E-state index in [1.165, 1.54) is 4.90 Å². The summed E-state index contributed by atoms with van der Waals surface area (Å²) in [5.41, 5.74) is 6.08. The van der Waals surface area contributed by atoms with E-state index in [0.717, 1.165) is 86.3 Å². The molecule has 3 N–H and O–H groups in total. The fraction of sp³-hybridized carbons (Fsp3) is 0.467. The highest BCUT2D eigenvalue weighted by Crippen LogP contribution is 2.34. The Morgan fingerprint density at radius 3 is 1.52 bits per heavy atom.